The van der Waals surface area contributed by atoms with Crippen molar-refractivity contribution in [2.45, 2.75) is 20.8 Å². The van der Waals surface area contributed by atoms with E-state index >= 15 is 0 Å². The van der Waals surface area contributed by atoms with Gasteiger partial charge in [-0.25, -0.2) is 4.98 Å². The molecule has 0 saturated heterocycles. The minimum absolute atomic E-state index is 0.0983. The van der Waals surface area contributed by atoms with Gasteiger partial charge in [0.1, 0.15) is 0 Å². The standard InChI is InChI=1S/C23H29N3O3S/c1-6-25(7-2)12-13-26(23-24-18-10-8-16(3)14-21(18)30-23)22(27)17-9-11-19(28-4)20(15-17)29-5/h8-11,14-15H,6-7,12-13H2,1-5H3. The van der Waals surface area contributed by atoms with E-state index in [1.165, 1.54) is 5.56 Å². The van der Waals surface area contributed by atoms with E-state index in [-0.39, 0.29) is 5.91 Å². The van der Waals surface area contributed by atoms with Crippen molar-refractivity contribution >= 4 is 32.6 Å². The molecule has 1 aromatic heterocycles. The Kier molecular flexibility index (Phi) is 7.29. The number of aryl methyl sites for hydroxylation is 1. The Labute approximate surface area is 182 Å². The highest BCUT2D eigenvalue weighted by Crippen LogP contribution is 2.32. The maximum atomic E-state index is 13.5. The number of ether oxygens (including phenoxy) is 2. The van der Waals surface area contributed by atoms with E-state index < -0.39 is 0 Å². The average Bonchev–Trinajstić information content (AvgIpc) is 3.18. The molecule has 0 fully saturated rings. The molecule has 7 heteroatoms. The zero-order chi connectivity index (χ0) is 21.7. The lowest BCUT2D eigenvalue weighted by atomic mass is 10.1. The number of hydrogen-bond acceptors (Lipinski definition) is 6. The van der Waals surface area contributed by atoms with Gasteiger partial charge in [-0.1, -0.05) is 31.3 Å². The molecule has 3 aromatic rings. The molecule has 0 atom stereocenters. The van der Waals surface area contributed by atoms with Crippen LogP contribution in [0.4, 0.5) is 5.13 Å². The van der Waals surface area contributed by atoms with Gasteiger partial charge in [0.2, 0.25) is 0 Å². The van der Waals surface area contributed by atoms with Gasteiger partial charge in [-0.3, -0.25) is 9.69 Å². The first-order valence-corrected chi connectivity index (χ1v) is 11.0. The monoisotopic (exact) mass is 427 g/mol. The van der Waals surface area contributed by atoms with Gasteiger partial charge >= 0.3 is 0 Å². The van der Waals surface area contributed by atoms with Crippen molar-refractivity contribution < 1.29 is 14.3 Å². The first-order valence-electron chi connectivity index (χ1n) is 10.1. The molecule has 160 valence electrons. The summed E-state index contributed by atoms with van der Waals surface area (Å²) >= 11 is 1.55. The molecule has 2 aromatic carbocycles. The quantitative estimate of drug-likeness (QED) is 0.499. The molecule has 30 heavy (non-hydrogen) atoms. The SMILES string of the molecule is CCN(CC)CCN(C(=O)c1ccc(OC)c(OC)c1)c1nc2ccc(C)cc2s1. The molecule has 0 spiro atoms. The fourth-order valence-corrected chi connectivity index (χ4v) is 4.41. The molecule has 0 saturated carbocycles. The van der Waals surface area contributed by atoms with E-state index in [0.717, 1.165) is 29.9 Å². The molecule has 1 heterocycles. The Balaban J connectivity index is 1.98. The maximum Gasteiger partial charge on any atom is 0.260 e. The normalized spacial score (nSPS) is 11.1. The first kappa shape index (κ1) is 22.1. The van der Waals surface area contributed by atoms with Crippen molar-refractivity contribution in [3.63, 3.8) is 0 Å². The Morgan fingerprint density at radius 1 is 1.00 bits per heavy atom. The summed E-state index contributed by atoms with van der Waals surface area (Å²) in [5, 5.41) is 0.711. The van der Waals surface area contributed by atoms with Crippen LogP contribution < -0.4 is 14.4 Å². The largest absolute Gasteiger partial charge is 0.493 e. The van der Waals surface area contributed by atoms with Gasteiger partial charge in [0.25, 0.3) is 5.91 Å². The second-order valence-corrected chi connectivity index (χ2v) is 8.03. The second kappa shape index (κ2) is 9.91. The summed E-state index contributed by atoms with van der Waals surface area (Å²) in [7, 11) is 3.15. The van der Waals surface area contributed by atoms with E-state index in [4.69, 9.17) is 14.5 Å². The van der Waals surface area contributed by atoms with Crippen LogP contribution in [-0.2, 0) is 0 Å². The maximum absolute atomic E-state index is 13.5. The Morgan fingerprint density at radius 3 is 2.40 bits per heavy atom. The van der Waals surface area contributed by atoms with E-state index in [2.05, 4.69) is 31.7 Å². The molecule has 0 aliphatic carbocycles. The molecule has 0 radical (unpaired) electrons. The summed E-state index contributed by atoms with van der Waals surface area (Å²) in [5.74, 6) is 1.03. The van der Waals surface area contributed by atoms with Gasteiger partial charge in [0.05, 0.1) is 24.4 Å². The highest BCUT2D eigenvalue weighted by atomic mass is 32.1. The summed E-state index contributed by atoms with van der Waals surface area (Å²) in [4.78, 5) is 22.4. The number of rotatable bonds is 9. The van der Waals surface area contributed by atoms with Crippen LogP contribution >= 0.6 is 11.3 Å². The minimum Gasteiger partial charge on any atom is -0.493 e. The lowest BCUT2D eigenvalue weighted by Crippen LogP contribution is -2.38. The molecule has 0 unspecified atom stereocenters. The van der Waals surface area contributed by atoms with Gasteiger partial charge in [-0.2, -0.15) is 0 Å². The molecule has 0 aliphatic rings. The predicted molar refractivity (Wildman–Crippen MR) is 123 cm³/mol. The van der Waals surface area contributed by atoms with Gasteiger partial charge in [0.15, 0.2) is 16.6 Å². The van der Waals surface area contributed by atoms with E-state index in [1.54, 1.807) is 48.7 Å². The Bertz CT molecular complexity index is 1010. The van der Waals surface area contributed by atoms with Crippen LogP contribution in [0.15, 0.2) is 36.4 Å². The third-order valence-corrected chi connectivity index (χ3v) is 6.21. The lowest BCUT2D eigenvalue weighted by molar-refractivity contribution is 0.0983. The number of carbonyl (C=O) groups is 1. The molecule has 6 nitrogen and oxygen atoms in total. The molecule has 3 rings (SSSR count). The number of fused-ring (bicyclic) bond motifs is 1. The van der Waals surface area contributed by atoms with Crippen LogP contribution in [0, 0.1) is 6.92 Å². The summed E-state index contributed by atoms with van der Waals surface area (Å²) < 4.78 is 11.8. The number of methoxy groups -OCH3 is 2. The molecular weight excluding hydrogens is 398 g/mol. The molecule has 0 aliphatic heterocycles. The van der Waals surface area contributed by atoms with Crippen molar-refractivity contribution in [3.05, 3.63) is 47.5 Å². The first-order chi connectivity index (χ1) is 14.5. The van der Waals surface area contributed by atoms with Gasteiger partial charge in [-0.15, -0.1) is 0 Å². The van der Waals surface area contributed by atoms with E-state index in [0.29, 0.717) is 28.7 Å². The second-order valence-electron chi connectivity index (χ2n) is 7.02. The van der Waals surface area contributed by atoms with Crippen LogP contribution in [0.1, 0.15) is 29.8 Å². The number of thiazole rings is 1. The van der Waals surface area contributed by atoms with Crippen LogP contribution in [0.3, 0.4) is 0 Å². The van der Waals surface area contributed by atoms with Crippen molar-refractivity contribution in [1.29, 1.82) is 0 Å². The van der Waals surface area contributed by atoms with Crippen molar-refractivity contribution in [1.82, 2.24) is 9.88 Å². The van der Waals surface area contributed by atoms with Crippen molar-refractivity contribution in [3.8, 4) is 11.5 Å². The number of hydrogen-bond donors (Lipinski definition) is 0. The molecule has 1 amide bonds. The van der Waals surface area contributed by atoms with Crippen molar-refractivity contribution in [2.24, 2.45) is 0 Å². The molecule has 0 N–H and O–H groups in total. The third kappa shape index (κ3) is 4.74. The predicted octanol–water partition coefficient (Wildman–Crippen LogP) is 4.61. The number of likely N-dealkylation sites (N-methyl/N-ethyl adjacent to an activating group) is 1. The molecular formula is C23H29N3O3S. The van der Waals surface area contributed by atoms with E-state index in [9.17, 15) is 4.79 Å². The fraction of sp³-hybridized carbons (Fsp3) is 0.391. The Morgan fingerprint density at radius 2 is 1.73 bits per heavy atom. The van der Waals surface area contributed by atoms with Crippen molar-refractivity contribution in [2.75, 3.05) is 45.3 Å². The number of aromatic nitrogens is 1. The lowest BCUT2D eigenvalue weighted by Gasteiger charge is -2.25. The fourth-order valence-electron chi connectivity index (χ4n) is 3.33. The van der Waals surface area contributed by atoms with Crippen LogP contribution in [0.25, 0.3) is 10.2 Å². The van der Waals surface area contributed by atoms with Gasteiger partial charge < -0.3 is 14.4 Å². The summed E-state index contributed by atoms with van der Waals surface area (Å²) in [6.45, 7) is 9.54. The smallest absolute Gasteiger partial charge is 0.260 e. The third-order valence-electron chi connectivity index (χ3n) is 5.17. The zero-order valence-electron chi connectivity index (χ0n) is 18.3. The number of anilines is 1. The van der Waals surface area contributed by atoms with Gasteiger partial charge in [-0.05, 0) is 55.9 Å². The summed E-state index contributed by atoms with van der Waals surface area (Å²) in [5.41, 5.74) is 2.63. The summed E-state index contributed by atoms with van der Waals surface area (Å²) in [6.07, 6.45) is 0. The Hall–Kier alpha value is -2.64. The van der Waals surface area contributed by atoms with Crippen LogP contribution in [0.5, 0.6) is 11.5 Å². The van der Waals surface area contributed by atoms with E-state index in [1.807, 2.05) is 12.1 Å². The molecule has 0 bridgehead atoms. The van der Waals surface area contributed by atoms with Gasteiger partial charge in [0, 0.05) is 18.7 Å². The highest BCUT2D eigenvalue weighted by molar-refractivity contribution is 7.22. The van der Waals surface area contributed by atoms with Crippen LogP contribution in [0.2, 0.25) is 0 Å². The number of nitrogens with zero attached hydrogens (tertiary/aromatic N) is 3. The van der Waals surface area contributed by atoms with Crippen LogP contribution in [-0.4, -0.2) is 56.2 Å². The number of benzene rings is 2. The average molecular weight is 428 g/mol. The number of carbonyl (C=O) groups excluding carboxylic acids is 1. The highest BCUT2D eigenvalue weighted by Gasteiger charge is 2.23. The summed E-state index contributed by atoms with van der Waals surface area (Å²) in [6, 6.07) is 11.4. The topological polar surface area (TPSA) is 54.9 Å². The number of amides is 1. The minimum atomic E-state index is -0.0983. The zero-order valence-corrected chi connectivity index (χ0v) is 19.1.